The minimum Gasteiger partial charge on any atom is -0.256 e. The van der Waals surface area contributed by atoms with Crippen molar-refractivity contribution in [2.45, 2.75) is 11.3 Å². The monoisotopic (exact) mass is 597 g/mol. The van der Waals surface area contributed by atoms with E-state index in [9.17, 15) is 0 Å². The molecular formula is C46H31N. The van der Waals surface area contributed by atoms with E-state index in [0.29, 0.717) is 0 Å². The summed E-state index contributed by atoms with van der Waals surface area (Å²) in [4.78, 5) is 5.34. The Labute approximate surface area is 274 Å². The molecule has 6 aromatic rings. The van der Waals surface area contributed by atoms with Gasteiger partial charge in [0.05, 0.1) is 22.2 Å². The summed E-state index contributed by atoms with van der Waals surface area (Å²) >= 11 is 0. The second-order valence-corrected chi connectivity index (χ2v) is 13.1. The zero-order valence-electron chi connectivity index (χ0n) is 25.8. The van der Waals surface area contributed by atoms with Gasteiger partial charge >= 0.3 is 0 Å². The van der Waals surface area contributed by atoms with Gasteiger partial charge in [-0.3, -0.25) is 4.99 Å². The van der Waals surface area contributed by atoms with Crippen LogP contribution in [0.3, 0.4) is 0 Å². The van der Waals surface area contributed by atoms with Gasteiger partial charge in [0.15, 0.2) is 0 Å². The summed E-state index contributed by atoms with van der Waals surface area (Å²) in [5.74, 6) is 0.114. The normalized spacial score (nSPS) is 23.2. The Hall–Kier alpha value is -5.79. The maximum Gasteiger partial charge on any atom is 0.0739 e. The van der Waals surface area contributed by atoms with Gasteiger partial charge in [-0.25, -0.2) is 0 Å². The lowest BCUT2D eigenvalue weighted by atomic mass is 9.52. The standard InChI is InChI=1S/C46H31N/c1-2-14-32(15-3-1)43-35-17-4-6-19-37(35)44(38-20-7-5-18-36(38)43)33-25-23-31(24-26-33)39-30-42-46(40-21-9-8-16-34(39)40)29-13-12-28-45(46)27-11-10-22-41(45)47-42/h1-30,39H. The van der Waals surface area contributed by atoms with Crippen LogP contribution in [0.5, 0.6) is 0 Å². The van der Waals surface area contributed by atoms with Crippen molar-refractivity contribution >= 4 is 27.3 Å². The Kier molecular flexibility index (Phi) is 5.54. The predicted molar refractivity (Wildman–Crippen MR) is 197 cm³/mol. The predicted octanol–water partition coefficient (Wildman–Crippen LogP) is 11.3. The highest BCUT2D eigenvalue weighted by Gasteiger charge is 2.60. The molecule has 0 radical (unpaired) electrons. The number of rotatable bonds is 3. The van der Waals surface area contributed by atoms with Gasteiger partial charge in [0.2, 0.25) is 0 Å². The SMILES string of the molecule is C1=CC2=NC3=CC(c4ccc(-c5c6ccccc6c(-c6ccccc6)c6ccccc56)cc4)c4ccccc4C34C=CC=CC24C=C1. The lowest BCUT2D eigenvalue weighted by molar-refractivity contribution is 0.456. The molecule has 0 bridgehead atoms. The molecule has 1 nitrogen and oxygen atoms in total. The number of benzene rings is 6. The number of allylic oxidation sites excluding steroid dienone is 9. The van der Waals surface area contributed by atoms with E-state index in [2.05, 4.69) is 182 Å². The van der Waals surface area contributed by atoms with E-state index in [4.69, 9.17) is 4.99 Å². The fourth-order valence-corrected chi connectivity index (χ4v) is 8.86. The molecule has 0 saturated carbocycles. The molecule has 0 aromatic heterocycles. The summed E-state index contributed by atoms with van der Waals surface area (Å²) in [5, 5.41) is 5.11. The zero-order valence-corrected chi connectivity index (χ0v) is 25.8. The van der Waals surface area contributed by atoms with Crippen molar-refractivity contribution in [3.63, 3.8) is 0 Å². The van der Waals surface area contributed by atoms with Crippen LogP contribution in [0.2, 0.25) is 0 Å². The van der Waals surface area contributed by atoms with Crippen LogP contribution >= 0.6 is 0 Å². The van der Waals surface area contributed by atoms with Gasteiger partial charge in [-0.2, -0.15) is 0 Å². The number of hydrogen-bond acceptors (Lipinski definition) is 1. The Bertz CT molecular complexity index is 2380. The lowest BCUT2D eigenvalue weighted by Gasteiger charge is -2.47. The van der Waals surface area contributed by atoms with E-state index < -0.39 is 0 Å². The molecule has 1 heteroatoms. The first-order valence-electron chi connectivity index (χ1n) is 16.5. The van der Waals surface area contributed by atoms with Crippen LogP contribution in [-0.4, -0.2) is 5.71 Å². The summed E-state index contributed by atoms with van der Waals surface area (Å²) in [7, 11) is 0. The smallest absolute Gasteiger partial charge is 0.0739 e. The van der Waals surface area contributed by atoms with E-state index in [0.717, 1.165) is 11.4 Å². The van der Waals surface area contributed by atoms with E-state index in [1.54, 1.807) is 0 Å². The highest BCUT2D eigenvalue weighted by Crippen LogP contribution is 2.62. The summed E-state index contributed by atoms with van der Waals surface area (Å²) in [5.41, 5.74) is 10.7. The molecule has 1 heterocycles. The molecule has 0 amide bonds. The maximum absolute atomic E-state index is 5.34. The molecule has 3 unspecified atom stereocenters. The first kappa shape index (κ1) is 26.4. The fraction of sp³-hybridized carbons (Fsp3) is 0.0652. The molecule has 10 rings (SSSR count). The average molecular weight is 598 g/mol. The highest BCUT2D eigenvalue weighted by atomic mass is 14.9. The Morgan fingerprint density at radius 2 is 1.04 bits per heavy atom. The summed E-state index contributed by atoms with van der Waals surface area (Å²) in [6.45, 7) is 0. The number of nitrogens with zero attached hydrogens (tertiary/aromatic N) is 1. The van der Waals surface area contributed by atoms with Gasteiger partial charge in [-0.05, 0) is 72.6 Å². The number of aliphatic imine (C=N–C) groups is 1. The van der Waals surface area contributed by atoms with E-state index >= 15 is 0 Å². The summed E-state index contributed by atoms with van der Waals surface area (Å²) in [6.07, 6.45) is 20.4. The summed E-state index contributed by atoms with van der Waals surface area (Å²) < 4.78 is 0. The second-order valence-electron chi connectivity index (χ2n) is 13.1. The lowest BCUT2D eigenvalue weighted by Crippen LogP contribution is -2.47. The van der Waals surface area contributed by atoms with Crippen molar-refractivity contribution in [1.29, 1.82) is 0 Å². The number of hydrogen-bond donors (Lipinski definition) is 0. The molecule has 2 spiro atoms. The van der Waals surface area contributed by atoms with Crippen LogP contribution in [0.1, 0.15) is 22.6 Å². The molecule has 6 aromatic carbocycles. The molecule has 0 N–H and O–H groups in total. The molecule has 0 saturated heterocycles. The van der Waals surface area contributed by atoms with Gasteiger partial charge in [0.25, 0.3) is 0 Å². The largest absolute Gasteiger partial charge is 0.256 e. The molecule has 3 atom stereocenters. The summed E-state index contributed by atoms with van der Waals surface area (Å²) in [6, 6.07) is 46.9. The van der Waals surface area contributed by atoms with Crippen molar-refractivity contribution in [1.82, 2.24) is 0 Å². The van der Waals surface area contributed by atoms with Crippen LogP contribution in [0.4, 0.5) is 0 Å². The Morgan fingerprint density at radius 1 is 0.489 bits per heavy atom. The Morgan fingerprint density at radius 3 is 1.72 bits per heavy atom. The molecule has 4 aliphatic rings. The van der Waals surface area contributed by atoms with Gasteiger partial charge in [-0.15, -0.1) is 0 Å². The van der Waals surface area contributed by atoms with Crippen LogP contribution in [0.15, 0.2) is 193 Å². The molecule has 47 heavy (non-hydrogen) atoms. The van der Waals surface area contributed by atoms with Crippen molar-refractivity contribution in [2.24, 2.45) is 10.4 Å². The minimum atomic E-state index is -0.330. The quantitative estimate of drug-likeness (QED) is 0.180. The van der Waals surface area contributed by atoms with Crippen LogP contribution in [0.25, 0.3) is 43.8 Å². The van der Waals surface area contributed by atoms with Crippen LogP contribution in [-0.2, 0) is 5.41 Å². The van der Waals surface area contributed by atoms with Gasteiger partial charge in [0.1, 0.15) is 0 Å². The van der Waals surface area contributed by atoms with E-state index in [1.807, 2.05) is 0 Å². The van der Waals surface area contributed by atoms with E-state index in [1.165, 1.54) is 60.5 Å². The molecule has 1 aliphatic heterocycles. The first-order chi connectivity index (χ1) is 23.3. The fourth-order valence-electron chi connectivity index (χ4n) is 8.86. The molecule has 0 fully saturated rings. The van der Waals surface area contributed by atoms with Crippen LogP contribution < -0.4 is 0 Å². The van der Waals surface area contributed by atoms with Crippen molar-refractivity contribution in [3.05, 3.63) is 204 Å². The van der Waals surface area contributed by atoms with Crippen LogP contribution in [0, 0.1) is 5.41 Å². The first-order valence-corrected chi connectivity index (χ1v) is 16.5. The van der Waals surface area contributed by atoms with Gasteiger partial charge < -0.3 is 0 Å². The third kappa shape index (κ3) is 3.52. The molecule has 3 aliphatic carbocycles. The van der Waals surface area contributed by atoms with E-state index in [-0.39, 0.29) is 16.7 Å². The Balaban J connectivity index is 1.15. The highest BCUT2D eigenvalue weighted by molar-refractivity contribution is 6.21. The second kappa shape index (κ2) is 9.85. The minimum absolute atomic E-state index is 0.114. The molecular weight excluding hydrogens is 567 g/mol. The molecule has 220 valence electrons. The maximum atomic E-state index is 5.34. The topological polar surface area (TPSA) is 12.4 Å². The van der Waals surface area contributed by atoms with Crippen molar-refractivity contribution in [2.75, 3.05) is 0 Å². The number of fused-ring (bicyclic) bond motifs is 3. The van der Waals surface area contributed by atoms with Crippen molar-refractivity contribution in [3.8, 4) is 22.3 Å². The van der Waals surface area contributed by atoms with Gasteiger partial charge in [-0.1, -0.05) is 170 Å². The third-order valence-corrected chi connectivity index (χ3v) is 10.9. The average Bonchev–Trinajstić information content (AvgIpc) is 3.45. The van der Waals surface area contributed by atoms with Crippen molar-refractivity contribution < 1.29 is 0 Å². The van der Waals surface area contributed by atoms with Gasteiger partial charge in [0, 0.05) is 5.92 Å². The third-order valence-electron chi connectivity index (χ3n) is 10.9. The zero-order chi connectivity index (χ0) is 31.0.